The van der Waals surface area contributed by atoms with Crippen LogP contribution in [0.4, 0.5) is 5.69 Å². The number of nitrogens with one attached hydrogen (secondary N) is 1. The van der Waals surface area contributed by atoms with Crippen LogP contribution in [0.5, 0.6) is 5.75 Å². The number of hydrogen-bond acceptors (Lipinski definition) is 3. The molecule has 172 valence electrons. The second-order valence-electron chi connectivity index (χ2n) is 10.9. The van der Waals surface area contributed by atoms with Crippen molar-refractivity contribution in [2.75, 3.05) is 12.0 Å². The normalized spacial score (nSPS) is 30.3. The number of hydrogen-bond donors (Lipinski definition) is 1. The van der Waals surface area contributed by atoms with E-state index in [0.29, 0.717) is 17.7 Å². The van der Waals surface area contributed by atoms with Gasteiger partial charge in [0.05, 0.1) is 24.8 Å². The van der Waals surface area contributed by atoms with Crippen molar-refractivity contribution in [1.29, 1.82) is 0 Å². The number of carbonyl (C=O) groups excluding carboxylic acids is 2. The van der Waals surface area contributed by atoms with Gasteiger partial charge in [0.2, 0.25) is 0 Å². The number of anilines is 1. The molecule has 4 fully saturated rings. The number of rotatable bonds is 5. The van der Waals surface area contributed by atoms with Crippen LogP contribution in [-0.2, 0) is 6.54 Å². The minimum absolute atomic E-state index is 0.108. The van der Waals surface area contributed by atoms with E-state index >= 15 is 0 Å². The Labute approximate surface area is 195 Å². The van der Waals surface area contributed by atoms with Gasteiger partial charge in [0, 0.05) is 11.7 Å². The van der Waals surface area contributed by atoms with Crippen LogP contribution in [0.2, 0.25) is 0 Å². The van der Waals surface area contributed by atoms with Crippen LogP contribution < -0.4 is 15.0 Å². The van der Waals surface area contributed by atoms with Gasteiger partial charge in [-0.1, -0.05) is 12.1 Å². The summed E-state index contributed by atoms with van der Waals surface area (Å²) < 4.78 is 5.24. The highest BCUT2D eigenvalue weighted by molar-refractivity contribution is 6.16. The molecule has 1 aliphatic heterocycles. The fourth-order valence-electron chi connectivity index (χ4n) is 7.66. The third-order valence-corrected chi connectivity index (χ3v) is 8.92. The standard InChI is InChI=1S/C28H32N2O3/c1-17(28-13-18-10-19(14-28)12-20(11-18)15-28)29-26(31)24-5-3-4-21-16-30(27(32)25(21)24)22-6-8-23(33-2)9-7-22/h3-9,17-20H,10-16H2,1-2H3,(H,29,31)/t17-,18?,19?,20?,28?/m1/s1. The fraction of sp³-hybridized carbons (Fsp3) is 0.500. The lowest BCUT2D eigenvalue weighted by Gasteiger charge is -2.59. The molecule has 1 atom stereocenters. The van der Waals surface area contributed by atoms with E-state index in [2.05, 4.69) is 12.2 Å². The Kier molecular flexibility index (Phi) is 4.79. The van der Waals surface area contributed by atoms with Gasteiger partial charge in [-0.25, -0.2) is 0 Å². The molecule has 0 saturated heterocycles. The van der Waals surface area contributed by atoms with Crippen LogP contribution in [0, 0.1) is 23.2 Å². The molecule has 4 bridgehead atoms. The van der Waals surface area contributed by atoms with Crippen molar-refractivity contribution in [2.24, 2.45) is 23.2 Å². The van der Waals surface area contributed by atoms with Crippen LogP contribution in [0.1, 0.15) is 71.7 Å². The van der Waals surface area contributed by atoms with E-state index in [1.54, 1.807) is 18.1 Å². The highest BCUT2D eigenvalue weighted by atomic mass is 16.5. The molecular weight excluding hydrogens is 412 g/mol. The average molecular weight is 445 g/mol. The van der Waals surface area contributed by atoms with Gasteiger partial charge in [-0.05, 0) is 105 Å². The van der Waals surface area contributed by atoms with Gasteiger partial charge in [0.25, 0.3) is 11.8 Å². The van der Waals surface area contributed by atoms with E-state index in [9.17, 15) is 9.59 Å². The molecule has 1 N–H and O–H groups in total. The molecule has 2 amide bonds. The number of carbonyl (C=O) groups is 2. The van der Waals surface area contributed by atoms with E-state index in [-0.39, 0.29) is 23.3 Å². The zero-order chi connectivity index (χ0) is 22.7. The second-order valence-corrected chi connectivity index (χ2v) is 10.9. The van der Waals surface area contributed by atoms with Crippen molar-refractivity contribution in [3.63, 3.8) is 0 Å². The van der Waals surface area contributed by atoms with Crippen molar-refractivity contribution in [3.8, 4) is 5.75 Å². The van der Waals surface area contributed by atoms with E-state index in [4.69, 9.17) is 4.74 Å². The number of methoxy groups -OCH3 is 1. The Hall–Kier alpha value is -2.82. The van der Waals surface area contributed by atoms with Gasteiger partial charge in [-0.3, -0.25) is 9.59 Å². The first kappa shape index (κ1) is 20.8. The smallest absolute Gasteiger partial charge is 0.259 e. The quantitative estimate of drug-likeness (QED) is 0.690. The first-order valence-corrected chi connectivity index (χ1v) is 12.3. The maximum atomic E-state index is 13.5. The Morgan fingerprint density at radius 1 is 1.03 bits per heavy atom. The molecule has 1 heterocycles. The Balaban J connectivity index is 1.23. The summed E-state index contributed by atoms with van der Waals surface area (Å²) in [6, 6.07) is 13.3. The summed E-state index contributed by atoms with van der Waals surface area (Å²) >= 11 is 0. The lowest BCUT2D eigenvalue weighted by Crippen LogP contribution is -2.55. The van der Waals surface area contributed by atoms with E-state index in [1.165, 1.54) is 38.5 Å². The van der Waals surface area contributed by atoms with Crippen LogP contribution in [0.25, 0.3) is 0 Å². The van der Waals surface area contributed by atoms with Gasteiger partial charge in [-0.2, -0.15) is 0 Å². The summed E-state index contributed by atoms with van der Waals surface area (Å²) in [6.45, 7) is 2.67. The molecule has 0 radical (unpaired) electrons. The molecule has 0 aromatic heterocycles. The van der Waals surface area contributed by atoms with E-state index in [1.807, 2.05) is 36.4 Å². The number of amides is 2. The highest BCUT2D eigenvalue weighted by Gasteiger charge is 2.53. The zero-order valence-corrected chi connectivity index (χ0v) is 19.5. The predicted octanol–water partition coefficient (Wildman–Crippen LogP) is 5.19. The van der Waals surface area contributed by atoms with Crippen molar-refractivity contribution in [1.82, 2.24) is 5.32 Å². The third-order valence-electron chi connectivity index (χ3n) is 8.92. The molecule has 33 heavy (non-hydrogen) atoms. The zero-order valence-electron chi connectivity index (χ0n) is 19.5. The topological polar surface area (TPSA) is 58.6 Å². The summed E-state index contributed by atoms with van der Waals surface area (Å²) in [7, 11) is 1.63. The Morgan fingerprint density at radius 3 is 2.27 bits per heavy atom. The maximum absolute atomic E-state index is 13.5. The summed E-state index contributed by atoms with van der Waals surface area (Å²) in [6.07, 6.45) is 7.91. The van der Waals surface area contributed by atoms with Crippen LogP contribution in [0.3, 0.4) is 0 Å². The SMILES string of the molecule is COc1ccc(N2Cc3cccc(C(=O)N[C@H](C)C45CC6CC(CC(C6)C4)C5)c3C2=O)cc1. The van der Waals surface area contributed by atoms with Gasteiger partial charge < -0.3 is 15.0 Å². The summed E-state index contributed by atoms with van der Waals surface area (Å²) in [4.78, 5) is 28.6. The molecule has 0 spiro atoms. The maximum Gasteiger partial charge on any atom is 0.259 e. The summed E-state index contributed by atoms with van der Waals surface area (Å²) in [5.41, 5.74) is 3.01. The van der Waals surface area contributed by atoms with Crippen LogP contribution in [0.15, 0.2) is 42.5 Å². The molecule has 2 aromatic rings. The van der Waals surface area contributed by atoms with Crippen molar-refractivity contribution in [3.05, 3.63) is 59.2 Å². The highest BCUT2D eigenvalue weighted by Crippen LogP contribution is 2.61. The fourth-order valence-corrected chi connectivity index (χ4v) is 7.66. The van der Waals surface area contributed by atoms with Gasteiger partial charge in [-0.15, -0.1) is 0 Å². The molecule has 5 aliphatic rings. The first-order chi connectivity index (χ1) is 16.0. The Bertz CT molecular complexity index is 1070. The molecule has 2 aromatic carbocycles. The minimum atomic E-state index is -0.111. The summed E-state index contributed by atoms with van der Waals surface area (Å²) in [5, 5.41) is 3.35. The molecule has 4 aliphatic carbocycles. The molecule has 0 unspecified atom stereocenters. The lowest BCUT2D eigenvalue weighted by molar-refractivity contribution is -0.0688. The van der Waals surface area contributed by atoms with Crippen molar-refractivity contribution >= 4 is 17.5 Å². The van der Waals surface area contributed by atoms with Gasteiger partial charge in [0.1, 0.15) is 5.75 Å². The molecule has 4 saturated carbocycles. The van der Waals surface area contributed by atoms with Crippen LogP contribution in [-0.4, -0.2) is 25.0 Å². The summed E-state index contributed by atoms with van der Waals surface area (Å²) in [5.74, 6) is 3.06. The Morgan fingerprint density at radius 2 is 1.67 bits per heavy atom. The van der Waals surface area contributed by atoms with E-state index < -0.39 is 0 Å². The van der Waals surface area contributed by atoms with Crippen molar-refractivity contribution < 1.29 is 14.3 Å². The number of fused-ring (bicyclic) bond motifs is 1. The lowest BCUT2D eigenvalue weighted by atomic mass is 9.48. The molecule has 5 nitrogen and oxygen atoms in total. The monoisotopic (exact) mass is 444 g/mol. The van der Waals surface area contributed by atoms with Gasteiger partial charge in [0.15, 0.2) is 0 Å². The van der Waals surface area contributed by atoms with Crippen LogP contribution >= 0.6 is 0 Å². The predicted molar refractivity (Wildman–Crippen MR) is 127 cm³/mol. The number of benzene rings is 2. The molecule has 5 heteroatoms. The average Bonchev–Trinajstić information content (AvgIpc) is 3.15. The third kappa shape index (κ3) is 3.35. The van der Waals surface area contributed by atoms with Gasteiger partial charge >= 0.3 is 0 Å². The number of ether oxygens (including phenoxy) is 1. The molecular formula is C28H32N2O3. The molecule has 7 rings (SSSR count). The van der Waals surface area contributed by atoms with E-state index in [0.717, 1.165) is 34.8 Å². The first-order valence-electron chi connectivity index (χ1n) is 12.3. The minimum Gasteiger partial charge on any atom is -0.497 e. The second kappa shape index (κ2) is 7.61. The largest absolute Gasteiger partial charge is 0.497 e. The van der Waals surface area contributed by atoms with Crippen molar-refractivity contribution in [2.45, 2.75) is 58.0 Å². The number of nitrogens with zero attached hydrogens (tertiary/aromatic N) is 1.